The number of amides is 1. The number of carbonyl (C=O) groups excluding carboxylic acids is 1. The fourth-order valence-electron chi connectivity index (χ4n) is 4.50. The first-order chi connectivity index (χ1) is 15.4. The molecule has 2 aromatic rings. The van der Waals surface area contributed by atoms with Crippen LogP contribution in [-0.2, 0) is 14.8 Å². The third kappa shape index (κ3) is 5.27. The van der Waals surface area contributed by atoms with Gasteiger partial charge in [0.1, 0.15) is 11.5 Å². The van der Waals surface area contributed by atoms with E-state index in [4.69, 9.17) is 16.3 Å². The molecule has 32 heavy (non-hydrogen) atoms. The van der Waals surface area contributed by atoms with Crippen LogP contribution >= 0.6 is 11.6 Å². The van der Waals surface area contributed by atoms with Crippen LogP contribution < -0.4 is 10.1 Å². The molecule has 0 radical (unpaired) electrons. The number of ether oxygens (including phenoxy) is 1. The Kier molecular flexibility index (Phi) is 7.38. The average Bonchev–Trinajstić information content (AvgIpc) is 2.82. The van der Waals surface area contributed by atoms with Gasteiger partial charge < -0.3 is 10.1 Å². The van der Waals surface area contributed by atoms with Crippen molar-refractivity contribution in [2.75, 3.05) is 13.1 Å². The predicted molar refractivity (Wildman–Crippen MR) is 124 cm³/mol. The first-order valence-corrected chi connectivity index (χ1v) is 13.1. The summed E-state index contributed by atoms with van der Waals surface area (Å²) in [6.07, 6.45) is 5.97. The number of hydrogen-bond donors (Lipinski definition) is 1. The van der Waals surface area contributed by atoms with Crippen molar-refractivity contribution in [3.05, 3.63) is 53.6 Å². The van der Waals surface area contributed by atoms with Crippen molar-refractivity contribution < 1.29 is 17.9 Å². The Morgan fingerprint density at radius 2 is 1.72 bits per heavy atom. The summed E-state index contributed by atoms with van der Waals surface area (Å²) in [5, 5.41) is 3.82. The summed E-state index contributed by atoms with van der Waals surface area (Å²) in [5.74, 6) is 0.350. The molecule has 6 nitrogen and oxygen atoms in total. The Labute approximate surface area is 195 Å². The molecule has 0 spiro atoms. The van der Waals surface area contributed by atoms with Crippen LogP contribution in [0.5, 0.6) is 11.5 Å². The van der Waals surface area contributed by atoms with E-state index in [1.165, 1.54) is 16.4 Å². The molecule has 1 atom stereocenters. The molecule has 1 aliphatic heterocycles. The molecule has 172 valence electrons. The van der Waals surface area contributed by atoms with E-state index in [0.29, 0.717) is 42.3 Å². The number of sulfonamides is 1. The summed E-state index contributed by atoms with van der Waals surface area (Å²) in [7, 11) is -4.02. The lowest BCUT2D eigenvalue weighted by molar-refractivity contribution is -0.133. The van der Waals surface area contributed by atoms with Gasteiger partial charge in [0.25, 0.3) is 10.0 Å². The smallest absolute Gasteiger partial charge is 0.266 e. The SMILES string of the molecule is O=C([C@H]1CCCNC1)N(C1CCCCC1)S(=O)(=O)c1cccc(Oc2ccc(Cl)cc2)c1. The lowest BCUT2D eigenvalue weighted by Gasteiger charge is -2.36. The Bertz CT molecular complexity index is 1030. The minimum atomic E-state index is -4.02. The maximum Gasteiger partial charge on any atom is 0.266 e. The summed E-state index contributed by atoms with van der Waals surface area (Å²) < 4.78 is 34.6. The van der Waals surface area contributed by atoms with E-state index in [-0.39, 0.29) is 22.8 Å². The molecule has 0 unspecified atom stereocenters. The van der Waals surface area contributed by atoms with Crippen molar-refractivity contribution in [1.29, 1.82) is 0 Å². The largest absolute Gasteiger partial charge is 0.457 e. The molecule has 4 rings (SSSR count). The van der Waals surface area contributed by atoms with Gasteiger partial charge in [-0.05, 0) is 68.6 Å². The van der Waals surface area contributed by atoms with Crippen LogP contribution in [0.4, 0.5) is 0 Å². The topological polar surface area (TPSA) is 75.7 Å². The first kappa shape index (κ1) is 23.1. The molecule has 8 heteroatoms. The second kappa shape index (κ2) is 10.2. The predicted octanol–water partition coefficient (Wildman–Crippen LogP) is 4.98. The molecule has 1 N–H and O–H groups in total. The summed E-state index contributed by atoms with van der Waals surface area (Å²) >= 11 is 5.93. The Morgan fingerprint density at radius 3 is 2.41 bits per heavy atom. The van der Waals surface area contributed by atoms with Gasteiger partial charge in [-0.2, -0.15) is 0 Å². The van der Waals surface area contributed by atoms with Gasteiger partial charge in [0.2, 0.25) is 5.91 Å². The highest BCUT2D eigenvalue weighted by Gasteiger charge is 2.39. The number of benzene rings is 2. The Hall–Kier alpha value is -2.09. The van der Waals surface area contributed by atoms with E-state index in [1.807, 2.05) is 0 Å². The van der Waals surface area contributed by atoms with E-state index in [2.05, 4.69) is 5.32 Å². The minimum Gasteiger partial charge on any atom is -0.457 e. The molecule has 2 aliphatic rings. The van der Waals surface area contributed by atoms with Crippen LogP contribution in [0.2, 0.25) is 5.02 Å². The highest BCUT2D eigenvalue weighted by atomic mass is 35.5. The zero-order valence-electron chi connectivity index (χ0n) is 18.0. The zero-order chi connectivity index (χ0) is 22.6. The molecule has 1 heterocycles. The Balaban J connectivity index is 1.64. The molecule has 1 saturated carbocycles. The average molecular weight is 477 g/mol. The molecular weight excluding hydrogens is 448 g/mol. The van der Waals surface area contributed by atoms with Crippen molar-refractivity contribution >= 4 is 27.5 Å². The highest BCUT2D eigenvalue weighted by molar-refractivity contribution is 7.89. The maximum absolute atomic E-state index is 13.8. The van der Waals surface area contributed by atoms with Crippen molar-refractivity contribution in [3.8, 4) is 11.5 Å². The van der Waals surface area contributed by atoms with Gasteiger partial charge in [-0.3, -0.25) is 4.79 Å². The monoisotopic (exact) mass is 476 g/mol. The van der Waals surface area contributed by atoms with Gasteiger partial charge in [-0.1, -0.05) is 36.9 Å². The lowest BCUT2D eigenvalue weighted by atomic mass is 9.93. The molecule has 2 fully saturated rings. The van der Waals surface area contributed by atoms with Gasteiger partial charge >= 0.3 is 0 Å². The van der Waals surface area contributed by atoms with E-state index in [0.717, 1.165) is 32.2 Å². The number of nitrogens with one attached hydrogen (secondary N) is 1. The molecule has 1 aliphatic carbocycles. The molecule has 0 bridgehead atoms. The van der Waals surface area contributed by atoms with E-state index < -0.39 is 10.0 Å². The number of hydrogen-bond acceptors (Lipinski definition) is 5. The second-order valence-electron chi connectivity index (χ2n) is 8.51. The summed E-state index contributed by atoms with van der Waals surface area (Å²) in [4.78, 5) is 13.6. The third-order valence-corrected chi connectivity index (χ3v) is 8.28. The summed E-state index contributed by atoms with van der Waals surface area (Å²) in [5.41, 5.74) is 0. The van der Waals surface area contributed by atoms with Gasteiger partial charge in [0.05, 0.1) is 10.8 Å². The van der Waals surface area contributed by atoms with E-state index in [9.17, 15) is 13.2 Å². The van der Waals surface area contributed by atoms with Crippen LogP contribution in [-0.4, -0.2) is 37.8 Å². The van der Waals surface area contributed by atoms with Gasteiger partial charge in [-0.25, -0.2) is 12.7 Å². The van der Waals surface area contributed by atoms with E-state index >= 15 is 0 Å². The van der Waals surface area contributed by atoms with E-state index in [1.54, 1.807) is 36.4 Å². The van der Waals surface area contributed by atoms with Crippen LogP contribution in [0.15, 0.2) is 53.4 Å². The first-order valence-electron chi connectivity index (χ1n) is 11.3. The van der Waals surface area contributed by atoms with Gasteiger partial charge in [-0.15, -0.1) is 0 Å². The van der Waals surface area contributed by atoms with Crippen molar-refractivity contribution in [1.82, 2.24) is 9.62 Å². The molecule has 0 aromatic heterocycles. The lowest BCUT2D eigenvalue weighted by Crippen LogP contribution is -2.50. The zero-order valence-corrected chi connectivity index (χ0v) is 19.6. The van der Waals surface area contributed by atoms with Gasteiger partial charge in [0.15, 0.2) is 0 Å². The quantitative estimate of drug-likeness (QED) is 0.636. The summed E-state index contributed by atoms with van der Waals surface area (Å²) in [6.45, 7) is 1.39. The summed E-state index contributed by atoms with van der Waals surface area (Å²) in [6, 6.07) is 12.9. The van der Waals surface area contributed by atoms with Crippen LogP contribution in [0.25, 0.3) is 0 Å². The minimum absolute atomic E-state index is 0.0756. The van der Waals surface area contributed by atoms with Crippen LogP contribution in [0, 0.1) is 5.92 Å². The van der Waals surface area contributed by atoms with Gasteiger partial charge in [0, 0.05) is 23.7 Å². The number of piperidine rings is 1. The molecule has 1 saturated heterocycles. The van der Waals surface area contributed by atoms with Crippen molar-refractivity contribution in [3.63, 3.8) is 0 Å². The highest BCUT2D eigenvalue weighted by Crippen LogP contribution is 2.32. The number of nitrogens with zero attached hydrogens (tertiary/aromatic N) is 1. The number of halogens is 1. The normalized spacial score (nSPS) is 20.0. The Morgan fingerprint density at radius 1 is 0.969 bits per heavy atom. The van der Waals surface area contributed by atoms with Crippen LogP contribution in [0.1, 0.15) is 44.9 Å². The number of carbonyl (C=O) groups is 1. The van der Waals surface area contributed by atoms with Crippen LogP contribution in [0.3, 0.4) is 0 Å². The fourth-order valence-corrected chi connectivity index (χ4v) is 6.36. The van der Waals surface area contributed by atoms with Crippen molar-refractivity contribution in [2.45, 2.75) is 55.9 Å². The standard InChI is InChI=1S/C24H29ClN2O4S/c25-19-11-13-21(14-12-19)31-22-9-4-10-23(16-22)32(29,30)27(20-7-2-1-3-8-20)24(28)18-6-5-15-26-17-18/h4,9-14,16,18,20,26H,1-3,5-8,15,17H2/t18-/m0/s1. The molecule has 2 aromatic carbocycles. The number of rotatable bonds is 6. The second-order valence-corrected chi connectivity index (χ2v) is 10.8. The molecular formula is C24H29ClN2O4S. The third-order valence-electron chi connectivity index (χ3n) is 6.18. The van der Waals surface area contributed by atoms with Crippen molar-refractivity contribution in [2.24, 2.45) is 5.92 Å². The maximum atomic E-state index is 13.8. The fraction of sp³-hybridized carbons (Fsp3) is 0.458. The molecule has 1 amide bonds.